The molecule has 4 heteroatoms. The Balaban J connectivity index is 2.44. The number of halogens is 2. The largest absolute Gasteiger partial charge is 0.236 e. The fourth-order valence-electron chi connectivity index (χ4n) is 1.07. The van der Waals surface area contributed by atoms with Gasteiger partial charge >= 0.3 is 0 Å². The van der Waals surface area contributed by atoms with Crippen molar-refractivity contribution in [3.05, 3.63) is 46.7 Å². The summed E-state index contributed by atoms with van der Waals surface area (Å²) < 4.78 is 0. The van der Waals surface area contributed by atoms with Crippen LogP contribution >= 0.6 is 23.2 Å². The zero-order valence-electron chi connectivity index (χ0n) is 7.11. The summed E-state index contributed by atoms with van der Waals surface area (Å²) in [7, 11) is 0. The lowest BCUT2D eigenvalue weighted by Gasteiger charge is -1.99. The van der Waals surface area contributed by atoms with Crippen LogP contribution in [0.3, 0.4) is 0 Å². The summed E-state index contributed by atoms with van der Waals surface area (Å²) in [5.74, 6) is 0.606. The molecule has 1 heterocycles. The second-order valence-electron chi connectivity index (χ2n) is 2.71. The highest BCUT2D eigenvalue weighted by molar-refractivity contribution is 6.30. The average Bonchev–Trinajstić information content (AvgIpc) is 2.19. The van der Waals surface area contributed by atoms with E-state index in [0.29, 0.717) is 16.0 Å². The van der Waals surface area contributed by atoms with E-state index in [-0.39, 0.29) is 0 Å². The molecule has 70 valence electrons. The Bertz CT molecular complexity index is 440. The van der Waals surface area contributed by atoms with E-state index in [1.54, 1.807) is 24.4 Å². The van der Waals surface area contributed by atoms with Crippen LogP contribution < -0.4 is 0 Å². The van der Waals surface area contributed by atoms with Gasteiger partial charge in [0.15, 0.2) is 5.82 Å². The van der Waals surface area contributed by atoms with Crippen molar-refractivity contribution in [1.29, 1.82) is 0 Å². The summed E-state index contributed by atoms with van der Waals surface area (Å²) >= 11 is 11.5. The maximum atomic E-state index is 5.76. The molecule has 14 heavy (non-hydrogen) atoms. The molecular weight excluding hydrogens is 219 g/mol. The number of hydrogen-bond donors (Lipinski definition) is 0. The van der Waals surface area contributed by atoms with Gasteiger partial charge in [0.2, 0.25) is 0 Å². The minimum Gasteiger partial charge on any atom is -0.236 e. The quantitative estimate of drug-likeness (QED) is 0.694. The van der Waals surface area contributed by atoms with Gasteiger partial charge in [-0.25, -0.2) is 9.97 Å². The third-order valence-electron chi connectivity index (χ3n) is 1.72. The normalized spacial score (nSPS) is 10.1. The van der Waals surface area contributed by atoms with E-state index in [1.807, 2.05) is 12.1 Å². The molecule has 2 aromatic rings. The highest BCUT2D eigenvalue weighted by Crippen LogP contribution is 2.18. The lowest BCUT2D eigenvalue weighted by atomic mass is 10.2. The first-order valence-corrected chi connectivity index (χ1v) is 4.76. The molecule has 0 bridgehead atoms. The zero-order valence-corrected chi connectivity index (χ0v) is 8.63. The number of aromatic nitrogens is 2. The molecular formula is C10H6Cl2N2. The van der Waals surface area contributed by atoms with Gasteiger partial charge in [-0.2, -0.15) is 0 Å². The topological polar surface area (TPSA) is 25.8 Å². The van der Waals surface area contributed by atoms with Crippen molar-refractivity contribution in [1.82, 2.24) is 9.97 Å². The highest BCUT2D eigenvalue weighted by atomic mass is 35.5. The summed E-state index contributed by atoms with van der Waals surface area (Å²) in [6.45, 7) is 0. The van der Waals surface area contributed by atoms with Crippen LogP contribution in [0.2, 0.25) is 10.2 Å². The van der Waals surface area contributed by atoms with Crippen molar-refractivity contribution in [2.24, 2.45) is 0 Å². The van der Waals surface area contributed by atoms with Crippen molar-refractivity contribution in [3.63, 3.8) is 0 Å². The Labute approximate surface area is 91.5 Å². The molecule has 0 saturated heterocycles. The molecule has 0 aliphatic rings. The molecule has 0 amide bonds. The van der Waals surface area contributed by atoms with Crippen LogP contribution in [0.1, 0.15) is 0 Å². The third-order valence-corrected chi connectivity index (χ3v) is 2.19. The predicted molar refractivity (Wildman–Crippen MR) is 57.5 cm³/mol. The molecule has 0 spiro atoms. The summed E-state index contributed by atoms with van der Waals surface area (Å²) in [4.78, 5) is 8.19. The average molecular weight is 225 g/mol. The molecule has 0 fully saturated rings. The van der Waals surface area contributed by atoms with Crippen LogP contribution in [0, 0.1) is 0 Å². The maximum absolute atomic E-state index is 5.76. The van der Waals surface area contributed by atoms with E-state index in [9.17, 15) is 0 Å². The molecule has 0 radical (unpaired) electrons. The van der Waals surface area contributed by atoms with Gasteiger partial charge in [0.25, 0.3) is 0 Å². The van der Waals surface area contributed by atoms with Crippen molar-refractivity contribution >= 4 is 23.2 Å². The first kappa shape index (κ1) is 9.44. The monoisotopic (exact) mass is 224 g/mol. The number of rotatable bonds is 1. The number of nitrogens with zero attached hydrogens (tertiary/aromatic N) is 2. The molecule has 1 aromatic heterocycles. The minimum atomic E-state index is 0.435. The molecule has 0 unspecified atom stereocenters. The standard InChI is InChI=1S/C10H6Cl2N2/c11-8-3-1-7(2-4-8)10-13-6-5-9(12)14-10/h1-6H. The fraction of sp³-hybridized carbons (Fsp3) is 0. The van der Waals surface area contributed by atoms with E-state index >= 15 is 0 Å². The van der Waals surface area contributed by atoms with Gasteiger partial charge in [0.1, 0.15) is 5.15 Å². The molecule has 1 aromatic carbocycles. The Hall–Kier alpha value is -1.12. The summed E-state index contributed by atoms with van der Waals surface area (Å²) in [6, 6.07) is 8.94. The van der Waals surface area contributed by atoms with E-state index < -0.39 is 0 Å². The van der Waals surface area contributed by atoms with Gasteiger partial charge in [-0.1, -0.05) is 23.2 Å². The van der Waals surface area contributed by atoms with Gasteiger partial charge in [-0.15, -0.1) is 0 Å². The Morgan fingerprint density at radius 3 is 2.29 bits per heavy atom. The Morgan fingerprint density at radius 1 is 0.929 bits per heavy atom. The van der Waals surface area contributed by atoms with Crippen molar-refractivity contribution in [2.45, 2.75) is 0 Å². The second-order valence-corrected chi connectivity index (χ2v) is 3.53. The smallest absolute Gasteiger partial charge is 0.160 e. The zero-order chi connectivity index (χ0) is 9.97. The fourth-order valence-corrected chi connectivity index (χ4v) is 1.34. The molecule has 2 rings (SSSR count). The van der Waals surface area contributed by atoms with Crippen molar-refractivity contribution < 1.29 is 0 Å². The van der Waals surface area contributed by atoms with Gasteiger partial charge in [0, 0.05) is 16.8 Å². The Morgan fingerprint density at radius 2 is 1.64 bits per heavy atom. The van der Waals surface area contributed by atoms with Crippen molar-refractivity contribution in [3.8, 4) is 11.4 Å². The van der Waals surface area contributed by atoms with Gasteiger partial charge < -0.3 is 0 Å². The van der Waals surface area contributed by atoms with Crippen LogP contribution in [-0.2, 0) is 0 Å². The van der Waals surface area contributed by atoms with Crippen LogP contribution in [-0.4, -0.2) is 9.97 Å². The van der Waals surface area contributed by atoms with Gasteiger partial charge in [0.05, 0.1) is 0 Å². The lowest BCUT2D eigenvalue weighted by molar-refractivity contribution is 1.18. The van der Waals surface area contributed by atoms with Gasteiger partial charge in [-0.05, 0) is 30.3 Å². The molecule has 2 nitrogen and oxygen atoms in total. The lowest BCUT2D eigenvalue weighted by Crippen LogP contribution is -1.87. The van der Waals surface area contributed by atoms with E-state index in [1.165, 1.54) is 0 Å². The molecule has 0 saturated carbocycles. The number of hydrogen-bond acceptors (Lipinski definition) is 2. The molecule has 0 aliphatic heterocycles. The summed E-state index contributed by atoms with van der Waals surface area (Å²) in [5, 5.41) is 1.13. The SMILES string of the molecule is Clc1ccc(-c2nccc(Cl)n2)cc1. The van der Waals surface area contributed by atoms with Crippen LogP contribution in [0.5, 0.6) is 0 Å². The number of benzene rings is 1. The van der Waals surface area contributed by atoms with Crippen LogP contribution in [0.4, 0.5) is 0 Å². The first-order valence-electron chi connectivity index (χ1n) is 4.00. The Kier molecular flexibility index (Phi) is 2.66. The second kappa shape index (κ2) is 3.95. The van der Waals surface area contributed by atoms with Crippen LogP contribution in [0.15, 0.2) is 36.5 Å². The van der Waals surface area contributed by atoms with Crippen molar-refractivity contribution in [2.75, 3.05) is 0 Å². The van der Waals surface area contributed by atoms with E-state index in [0.717, 1.165) is 5.56 Å². The highest BCUT2D eigenvalue weighted by Gasteiger charge is 2.00. The van der Waals surface area contributed by atoms with Crippen LogP contribution in [0.25, 0.3) is 11.4 Å². The summed E-state index contributed by atoms with van der Waals surface area (Å²) in [6.07, 6.45) is 1.62. The minimum absolute atomic E-state index is 0.435. The third kappa shape index (κ3) is 2.03. The molecule has 0 aliphatic carbocycles. The molecule has 0 atom stereocenters. The maximum Gasteiger partial charge on any atom is 0.160 e. The van der Waals surface area contributed by atoms with E-state index in [2.05, 4.69) is 9.97 Å². The molecule has 0 N–H and O–H groups in total. The van der Waals surface area contributed by atoms with Gasteiger partial charge in [-0.3, -0.25) is 0 Å². The van der Waals surface area contributed by atoms with E-state index in [4.69, 9.17) is 23.2 Å². The summed E-state index contributed by atoms with van der Waals surface area (Å²) in [5.41, 5.74) is 0.900. The first-order chi connectivity index (χ1) is 6.75. The predicted octanol–water partition coefficient (Wildman–Crippen LogP) is 3.45.